The first kappa shape index (κ1) is 15.3. The molecule has 0 saturated heterocycles. The van der Waals surface area contributed by atoms with Crippen molar-refractivity contribution in [1.29, 1.82) is 0 Å². The normalized spacial score (nSPS) is 10.6. The fourth-order valence-electron chi connectivity index (χ4n) is 1.93. The van der Waals surface area contributed by atoms with E-state index < -0.39 is 0 Å². The number of hydrogen-bond donors (Lipinski definition) is 0. The summed E-state index contributed by atoms with van der Waals surface area (Å²) in [6.45, 7) is 2.89. The van der Waals surface area contributed by atoms with Crippen molar-refractivity contribution in [1.82, 2.24) is 9.97 Å². The molecular formula is C15H17BrClN3. The monoisotopic (exact) mass is 353 g/mol. The summed E-state index contributed by atoms with van der Waals surface area (Å²) >= 11 is 9.51. The van der Waals surface area contributed by atoms with Gasteiger partial charge in [-0.1, -0.05) is 46.6 Å². The zero-order valence-electron chi connectivity index (χ0n) is 11.6. The number of aromatic nitrogens is 2. The average Bonchev–Trinajstić information content (AvgIpc) is 2.41. The smallest absolute Gasteiger partial charge is 0.134 e. The third kappa shape index (κ3) is 4.18. The topological polar surface area (TPSA) is 29.0 Å². The van der Waals surface area contributed by atoms with Crippen LogP contribution in [0.25, 0.3) is 0 Å². The maximum absolute atomic E-state index is 6.07. The van der Waals surface area contributed by atoms with Crippen molar-refractivity contribution < 1.29 is 0 Å². The predicted molar refractivity (Wildman–Crippen MR) is 87.3 cm³/mol. The van der Waals surface area contributed by atoms with E-state index in [2.05, 4.69) is 49.9 Å². The summed E-state index contributed by atoms with van der Waals surface area (Å²) in [6.07, 6.45) is 1.86. The quantitative estimate of drug-likeness (QED) is 0.741. The third-order valence-electron chi connectivity index (χ3n) is 2.93. The molecule has 1 heterocycles. The Bertz CT molecular complexity index is 572. The molecule has 0 aliphatic heterocycles. The summed E-state index contributed by atoms with van der Waals surface area (Å²) in [5.74, 6) is 1.66. The highest BCUT2D eigenvalue weighted by molar-refractivity contribution is 9.10. The maximum Gasteiger partial charge on any atom is 0.134 e. The molecule has 0 fully saturated rings. The van der Waals surface area contributed by atoms with Gasteiger partial charge in [0.05, 0.1) is 0 Å². The molecule has 0 radical (unpaired) electrons. The van der Waals surface area contributed by atoms with Crippen molar-refractivity contribution in [3.05, 3.63) is 51.3 Å². The third-order valence-corrected chi connectivity index (χ3v) is 3.65. The first-order chi connectivity index (χ1) is 9.58. The fraction of sp³-hybridized carbons (Fsp3) is 0.333. The second-order valence-corrected chi connectivity index (χ2v) is 6.00. The van der Waals surface area contributed by atoms with E-state index >= 15 is 0 Å². The van der Waals surface area contributed by atoms with Crippen LogP contribution in [-0.4, -0.2) is 17.0 Å². The van der Waals surface area contributed by atoms with Gasteiger partial charge >= 0.3 is 0 Å². The van der Waals surface area contributed by atoms with E-state index in [1.807, 2.05) is 19.2 Å². The molecule has 2 rings (SSSR count). The average molecular weight is 355 g/mol. The maximum atomic E-state index is 6.07. The van der Waals surface area contributed by atoms with Crippen LogP contribution < -0.4 is 4.90 Å². The van der Waals surface area contributed by atoms with Crippen LogP contribution in [0.3, 0.4) is 0 Å². The summed E-state index contributed by atoms with van der Waals surface area (Å²) < 4.78 is 1.08. The lowest BCUT2D eigenvalue weighted by Gasteiger charge is -2.19. The van der Waals surface area contributed by atoms with Crippen molar-refractivity contribution in [3.63, 3.8) is 0 Å². The van der Waals surface area contributed by atoms with Crippen LogP contribution in [0.2, 0.25) is 5.15 Å². The lowest BCUT2D eigenvalue weighted by atomic mass is 10.2. The van der Waals surface area contributed by atoms with Crippen molar-refractivity contribution in [2.45, 2.75) is 26.3 Å². The lowest BCUT2D eigenvalue weighted by molar-refractivity contribution is 0.812. The molecule has 0 amide bonds. The van der Waals surface area contributed by atoms with E-state index in [0.29, 0.717) is 5.15 Å². The molecule has 0 N–H and O–H groups in total. The van der Waals surface area contributed by atoms with Crippen molar-refractivity contribution in [2.75, 3.05) is 11.9 Å². The van der Waals surface area contributed by atoms with Gasteiger partial charge < -0.3 is 4.90 Å². The fourth-order valence-corrected chi connectivity index (χ4v) is 2.39. The number of benzene rings is 1. The van der Waals surface area contributed by atoms with Crippen LogP contribution in [0.5, 0.6) is 0 Å². The minimum Gasteiger partial charge on any atom is -0.355 e. The van der Waals surface area contributed by atoms with E-state index in [1.165, 1.54) is 5.56 Å². The number of rotatable bonds is 5. The second-order valence-electron chi connectivity index (χ2n) is 4.70. The van der Waals surface area contributed by atoms with Crippen LogP contribution in [0.4, 0.5) is 5.82 Å². The number of nitrogens with zero attached hydrogens (tertiary/aromatic N) is 3. The Balaban J connectivity index is 2.15. The van der Waals surface area contributed by atoms with Gasteiger partial charge in [0.25, 0.3) is 0 Å². The van der Waals surface area contributed by atoms with E-state index in [-0.39, 0.29) is 0 Å². The number of hydrogen-bond acceptors (Lipinski definition) is 3. The summed E-state index contributed by atoms with van der Waals surface area (Å²) in [5, 5.41) is 0.501. The molecular weight excluding hydrogens is 338 g/mol. The molecule has 3 nitrogen and oxygen atoms in total. The van der Waals surface area contributed by atoms with Crippen molar-refractivity contribution in [3.8, 4) is 0 Å². The van der Waals surface area contributed by atoms with Crippen LogP contribution in [0, 0.1) is 0 Å². The standard InChI is InChI=1S/C15H17BrClN3/c1-3-4-14-18-13(17)9-15(19-14)20(2)10-11-5-7-12(16)8-6-11/h5-9H,3-4,10H2,1-2H3. The molecule has 0 bridgehead atoms. The van der Waals surface area contributed by atoms with Crippen LogP contribution in [0.15, 0.2) is 34.8 Å². The molecule has 0 spiro atoms. The van der Waals surface area contributed by atoms with Crippen molar-refractivity contribution >= 4 is 33.3 Å². The Hall–Kier alpha value is -1.13. The zero-order chi connectivity index (χ0) is 14.5. The molecule has 0 unspecified atom stereocenters. The highest BCUT2D eigenvalue weighted by Gasteiger charge is 2.08. The van der Waals surface area contributed by atoms with Crippen molar-refractivity contribution in [2.24, 2.45) is 0 Å². The van der Waals surface area contributed by atoms with Gasteiger partial charge in [-0.05, 0) is 24.1 Å². The minimum atomic E-state index is 0.501. The number of aryl methyl sites for hydroxylation is 1. The number of anilines is 1. The Morgan fingerprint density at radius 3 is 2.55 bits per heavy atom. The van der Waals surface area contributed by atoms with E-state index in [1.54, 1.807) is 6.07 Å². The SMILES string of the molecule is CCCc1nc(Cl)cc(N(C)Cc2ccc(Br)cc2)n1. The molecule has 2 aromatic rings. The van der Waals surface area contributed by atoms with Gasteiger partial charge in [0, 0.05) is 30.6 Å². The summed E-state index contributed by atoms with van der Waals surface area (Å²) in [6, 6.07) is 10.1. The summed E-state index contributed by atoms with van der Waals surface area (Å²) in [5.41, 5.74) is 1.22. The lowest BCUT2D eigenvalue weighted by Crippen LogP contribution is -2.18. The van der Waals surface area contributed by atoms with Crippen LogP contribution >= 0.6 is 27.5 Å². The van der Waals surface area contributed by atoms with Crippen LogP contribution in [-0.2, 0) is 13.0 Å². The Morgan fingerprint density at radius 1 is 1.20 bits per heavy atom. The zero-order valence-corrected chi connectivity index (χ0v) is 13.9. The van der Waals surface area contributed by atoms with Gasteiger partial charge in [0.15, 0.2) is 0 Å². The molecule has 0 atom stereocenters. The molecule has 1 aromatic heterocycles. The second kappa shape index (κ2) is 7.04. The highest BCUT2D eigenvalue weighted by atomic mass is 79.9. The highest BCUT2D eigenvalue weighted by Crippen LogP contribution is 2.18. The van der Waals surface area contributed by atoms with E-state index in [4.69, 9.17) is 11.6 Å². The molecule has 5 heteroatoms. The Kier molecular flexibility index (Phi) is 5.38. The van der Waals surface area contributed by atoms with Crippen LogP contribution in [0.1, 0.15) is 24.7 Å². The molecule has 1 aromatic carbocycles. The molecule has 0 aliphatic rings. The molecule has 106 valence electrons. The van der Waals surface area contributed by atoms with Gasteiger partial charge in [-0.2, -0.15) is 0 Å². The first-order valence-corrected chi connectivity index (χ1v) is 7.74. The predicted octanol–water partition coefficient (Wildman–Crippen LogP) is 4.48. The number of halogens is 2. The summed E-state index contributed by atoms with van der Waals surface area (Å²) in [4.78, 5) is 10.9. The van der Waals surface area contributed by atoms with E-state index in [0.717, 1.165) is 35.5 Å². The minimum absolute atomic E-state index is 0.501. The summed E-state index contributed by atoms with van der Waals surface area (Å²) in [7, 11) is 2.01. The van der Waals surface area contributed by atoms with E-state index in [9.17, 15) is 0 Å². The van der Waals surface area contributed by atoms with Gasteiger partial charge in [-0.25, -0.2) is 9.97 Å². The van der Waals surface area contributed by atoms with Gasteiger partial charge in [-0.3, -0.25) is 0 Å². The van der Waals surface area contributed by atoms with Gasteiger partial charge in [-0.15, -0.1) is 0 Å². The molecule has 0 saturated carbocycles. The Morgan fingerprint density at radius 2 is 1.90 bits per heavy atom. The van der Waals surface area contributed by atoms with Gasteiger partial charge in [0.1, 0.15) is 16.8 Å². The molecule has 0 aliphatic carbocycles. The first-order valence-electron chi connectivity index (χ1n) is 6.57. The largest absolute Gasteiger partial charge is 0.355 e. The Labute approximate surface area is 133 Å². The molecule has 20 heavy (non-hydrogen) atoms. The van der Waals surface area contributed by atoms with Gasteiger partial charge in [0.2, 0.25) is 0 Å².